The third-order valence-corrected chi connectivity index (χ3v) is 6.04. The minimum Gasteiger partial charge on any atom is -0.495 e. The number of carbonyl (C=O) groups is 1. The number of ether oxygens (including phenoxy) is 1. The molecule has 31 heavy (non-hydrogen) atoms. The second-order valence-electron chi connectivity index (χ2n) is 7.23. The number of nitrogens with one attached hydrogen (secondary N) is 2. The van der Waals surface area contributed by atoms with Crippen LogP contribution in [0.25, 0.3) is 21.3 Å². The molecule has 2 N–H and O–H groups in total. The second-order valence-corrected chi connectivity index (χ2v) is 8.43. The van der Waals surface area contributed by atoms with E-state index in [0.717, 1.165) is 27.2 Å². The first kappa shape index (κ1) is 20.8. The summed E-state index contributed by atoms with van der Waals surface area (Å²) in [7, 11) is 1.58. The first-order valence-electron chi connectivity index (χ1n) is 10.0. The Kier molecular flexibility index (Phi) is 6.13. The topological polar surface area (TPSA) is 76.1 Å². The molecule has 2 heterocycles. The molecular weight excluding hydrogens is 408 g/mol. The van der Waals surface area contributed by atoms with E-state index < -0.39 is 0 Å². The molecule has 0 saturated carbocycles. The number of amides is 1. The van der Waals surface area contributed by atoms with E-state index in [1.54, 1.807) is 24.8 Å². The first-order chi connectivity index (χ1) is 15.1. The van der Waals surface area contributed by atoms with Crippen molar-refractivity contribution in [2.45, 2.75) is 20.3 Å². The van der Waals surface area contributed by atoms with Gasteiger partial charge in [0.05, 0.1) is 18.2 Å². The Morgan fingerprint density at radius 1 is 1.06 bits per heavy atom. The van der Waals surface area contributed by atoms with Crippen molar-refractivity contribution in [2.75, 3.05) is 24.3 Å². The summed E-state index contributed by atoms with van der Waals surface area (Å²) in [5, 5.41) is 7.23. The fourth-order valence-electron chi connectivity index (χ4n) is 3.50. The summed E-state index contributed by atoms with van der Waals surface area (Å²) in [6.45, 7) is 4.63. The minimum atomic E-state index is -0.0949. The lowest BCUT2D eigenvalue weighted by molar-refractivity contribution is -0.116. The monoisotopic (exact) mass is 432 g/mol. The number of anilines is 2. The third-order valence-electron chi connectivity index (χ3n) is 5.03. The highest BCUT2D eigenvalue weighted by Gasteiger charge is 2.17. The fraction of sp³-hybridized carbons (Fsp3) is 0.208. The van der Waals surface area contributed by atoms with Crippen LogP contribution >= 0.6 is 11.3 Å². The Labute approximate surface area is 185 Å². The Morgan fingerprint density at radius 2 is 1.84 bits per heavy atom. The zero-order valence-corrected chi connectivity index (χ0v) is 18.5. The SMILES string of the molecule is COc1ccccc1NC(=O)CCNc1ncnc2sc(C)c(-c3ccc(C)cc3)c12. The normalized spacial score (nSPS) is 10.8. The van der Waals surface area contributed by atoms with Gasteiger partial charge in [0.2, 0.25) is 5.91 Å². The predicted molar refractivity (Wildman–Crippen MR) is 127 cm³/mol. The van der Waals surface area contributed by atoms with Gasteiger partial charge >= 0.3 is 0 Å². The number of carbonyl (C=O) groups excluding carboxylic acids is 1. The van der Waals surface area contributed by atoms with Crippen molar-refractivity contribution in [2.24, 2.45) is 0 Å². The van der Waals surface area contributed by atoms with E-state index in [9.17, 15) is 4.79 Å². The highest BCUT2D eigenvalue weighted by molar-refractivity contribution is 7.19. The number of rotatable bonds is 7. The van der Waals surface area contributed by atoms with Gasteiger partial charge in [0.25, 0.3) is 0 Å². The van der Waals surface area contributed by atoms with E-state index in [-0.39, 0.29) is 5.91 Å². The molecule has 4 aromatic rings. The highest BCUT2D eigenvalue weighted by atomic mass is 32.1. The van der Waals surface area contributed by atoms with Gasteiger partial charge in [-0.3, -0.25) is 4.79 Å². The highest BCUT2D eigenvalue weighted by Crippen LogP contribution is 2.40. The van der Waals surface area contributed by atoms with E-state index in [0.29, 0.717) is 24.4 Å². The average Bonchev–Trinajstić information content (AvgIpc) is 3.11. The van der Waals surface area contributed by atoms with Gasteiger partial charge in [0, 0.05) is 23.4 Å². The lowest BCUT2D eigenvalue weighted by Crippen LogP contribution is -2.17. The van der Waals surface area contributed by atoms with Crippen LogP contribution in [-0.2, 0) is 4.79 Å². The Morgan fingerprint density at radius 3 is 2.61 bits per heavy atom. The summed E-state index contributed by atoms with van der Waals surface area (Å²) >= 11 is 1.65. The number of aryl methyl sites for hydroxylation is 2. The van der Waals surface area contributed by atoms with Gasteiger partial charge in [-0.2, -0.15) is 0 Å². The predicted octanol–water partition coefficient (Wildman–Crippen LogP) is 5.42. The molecule has 0 atom stereocenters. The molecule has 0 aliphatic carbocycles. The summed E-state index contributed by atoms with van der Waals surface area (Å²) in [5.41, 5.74) is 4.16. The van der Waals surface area contributed by atoms with Gasteiger partial charge in [-0.1, -0.05) is 42.0 Å². The van der Waals surface area contributed by atoms with Crippen LogP contribution in [0.5, 0.6) is 5.75 Å². The molecule has 0 fully saturated rings. The van der Waals surface area contributed by atoms with Crippen LogP contribution in [0.4, 0.5) is 11.5 Å². The molecule has 4 rings (SSSR count). The third kappa shape index (κ3) is 4.51. The van der Waals surface area contributed by atoms with Crippen molar-refractivity contribution in [1.29, 1.82) is 0 Å². The summed E-state index contributed by atoms with van der Waals surface area (Å²) in [6, 6.07) is 15.8. The molecule has 2 aromatic heterocycles. The van der Waals surface area contributed by atoms with Crippen LogP contribution in [0, 0.1) is 13.8 Å². The minimum absolute atomic E-state index is 0.0949. The van der Waals surface area contributed by atoms with Gasteiger partial charge in [-0.25, -0.2) is 9.97 Å². The lowest BCUT2D eigenvalue weighted by atomic mass is 10.0. The summed E-state index contributed by atoms with van der Waals surface area (Å²) in [6.07, 6.45) is 1.86. The molecule has 0 spiro atoms. The smallest absolute Gasteiger partial charge is 0.226 e. The number of benzene rings is 2. The number of hydrogen-bond acceptors (Lipinski definition) is 6. The molecule has 2 aromatic carbocycles. The van der Waals surface area contributed by atoms with Crippen LogP contribution in [0.2, 0.25) is 0 Å². The molecule has 0 unspecified atom stereocenters. The molecular formula is C24H24N4O2S. The van der Waals surface area contributed by atoms with Crippen molar-refractivity contribution < 1.29 is 9.53 Å². The largest absolute Gasteiger partial charge is 0.495 e. The molecule has 6 nitrogen and oxygen atoms in total. The number of thiophene rings is 1. The zero-order chi connectivity index (χ0) is 21.8. The average molecular weight is 433 g/mol. The van der Waals surface area contributed by atoms with Crippen molar-refractivity contribution >= 4 is 39.0 Å². The number of fused-ring (bicyclic) bond motifs is 1. The Balaban J connectivity index is 1.51. The molecule has 158 valence electrons. The maximum absolute atomic E-state index is 12.4. The summed E-state index contributed by atoms with van der Waals surface area (Å²) in [5.74, 6) is 1.29. The van der Waals surface area contributed by atoms with Crippen molar-refractivity contribution in [3.8, 4) is 16.9 Å². The van der Waals surface area contributed by atoms with Gasteiger partial charge in [0.15, 0.2) is 0 Å². The van der Waals surface area contributed by atoms with E-state index in [4.69, 9.17) is 4.74 Å². The molecule has 0 aliphatic rings. The number of para-hydroxylation sites is 2. The maximum Gasteiger partial charge on any atom is 0.226 e. The van der Waals surface area contributed by atoms with Crippen LogP contribution in [0.3, 0.4) is 0 Å². The summed E-state index contributed by atoms with van der Waals surface area (Å²) < 4.78 is 5.29. The van der Waals surface area contributed by atoms with Gasteiger partial charge < -0.3 is 15.4 Å². The van der Waals surface area contributed by atoms with Crippen molar-refractivity contribution in [3.63, 3.8) is 0 Å². The Hall–Kier alpha value is -3.45. The van der Waals surface area contributed by atoms with Crippen LogP contribution in [-0.4, -0.2) is 29.5 Å². The van der Waals surface area contributed by atoms with E-state index in [1.807, 2.05) is 24.3 Å². The number of aromatic nitrogens is 2. The number of nitrogens with zero attached hydrogens (tertiary/aromatic N) is 2. The molecule has 0 saturated heterocycles. The molecule has 0 aliphatic heterocycles. The van der Waals surface area contributed by atoms with Gasteiger partial charge in [-0.05, 0) is 31.5 Å². The van der Waals surface area contributed by atoms with E-state index in [1.165, 1.54) is 10.4 Å². The molecule has 0 radical (unpaired) electrons. The van der Waals surface area contributed by atoms with E-state index in [2.05, 4.69) is 58.7 Å². The standard InChI is InChI=1S/C24H24N4O2S/c1-15-8-10-17(11-9-15)21-16(2)31-24-22(21)23(26-14-27-24)25-13-12-20(29)28-18-6-4-5-7-19(18)30-3/h4-11,14H,12-13H2,1-3H3,(H,28,29)(H,25,26,27). The van der Waals surface area contributed by atoms with Crippen molar-refractivity contribution in [3.05, 3.63) is 65.3 Å². The Bertz CT molecular complexity index is 1220. The van der Waals surface area contributed by atoms with Crippen LogP contribution < -0.4 is 15.4 Å². The zero-order valence-electron chi connectivity index (χ0n) is 17.7. The number of methoxy groups -OCH3 is 1. The fourth-order valence-corrected chi connectivity index (χ4v) is 4.51. The summed E-state index contributed by atoms with van der Waals surface area (Å²) in [4.78, 5) is 23.5. The maximum atomic E-state index is 12.4. The quantitative estimate of drug-likeness (QED) is 0.408. The van der Waals surface area contributed by atoms with Gasteiger partial charge in [0.1, 0.15) is 22.7 Å². The van der Waals surface area contributed by atoms with Crippen LogP contribution in [0.1, 0.15) is 16.9 Å². The molecule has 0 bridgehead atoms. The van der Waals surface area contributed by atoms with Crippen molar-refractivity contribution in [1.82, 2.24) is 9.97 Å². The van der Waals surface area contributed by atoms with E-state index >= 15 is 0 Å². The number of hydrogen-bond donors (Lipinski definition) is 2. The lowest BCUT2D eigenvalue weighted by Gasteiger charge is -2.11. The van der Waals surface area contributed by atoms with Gasteiger partial charge in [-0.15, -0.1) is 11.3 Å². The first-order valence-corrected chi connectivity index (χ1v) is 10.9. The van der Waals surface area contributed by atoms with Crippen LogP contribution in [0.15, 0.2) is 54.9 Å². The molecule has 7 heteroatoms. The second kappa shape index (κ2) is 9.14. The molecule has 1 amide bonds.